The first-order chi connectivity index (χ1) is 7.16. The zero-order valence-corrected chi connectivity index (χ0v) is 8.75. The summed E-state index contributed by atoms with van der Waals surface area (Å²) < 4.78 is 0. The highest BCUT2D eigenvalue weighted by Gasteiger charge is 2.04. The Kier molecular flexibility index (Phi) is 2.47. The highest BCUT2D eigenvalue weighted by molar-refractivity contribution is 5.54. The van der Waals surface area contributed by atoms with Gasteiger partial charge in [-0.15, -0.1) is 10.2 Å². The maximum Gasteiger partial charge on any atom is 0.204 e. The fraction of sp³-hybridized carbons (Fsp3) is 0.300. The Labute approximate surface area is 87.9 Å². The first-order valence-electron chi connectivity index (χ1n) is 4.77. The molecule has 2 aromatic rings. The molecule has 1 heterocycles. The van der Waals surface area contributed by atoms with Crippen molar-refractivity contribution in [3.05, 3.63) is 29.8 Å². The van der Waals surface area contributed by atoms with Gasteiger partial charge in [0, 0.05) is 11.6 Å². The van der Waals surface area contributed by atoms with Crippen molar-refractivity contribution < 1.29 is 0 Å². The molecule has 1 aromatic heterocycles. The van der Waals surface area contributed by atoms with Crippen molar-refractivity contribution in [1.29, 1.82) is 0 Å². The summed E-state index contributed by atoms with van der Waals surface area (Å²) in [5, 5.41) is 11.8. The number of benzene rings is 1. The summed E-state index contributed by atoms with van der Waals surface area (Å²) in [5.74, 6) is 0.633. The van der Waals surface area contributed by atoms with Gasteiger partial charge in [-0.05, 0) is 17.7 Å². The van der Waals surface area contributed by atoms with Gasteiger partial charge in [0.25, 0.3) is 0 Å². The van der Waals surface area contributed by atoms with Crippen LogP contribution in [0, 0.1) is 0 Å². The average Bonchev–Trinajstić information content (AvgIpc) is 2.65. The van der Waals surface area contributed by atoms with Crippen LogP contribution in [-0.2, 0) is 7.05 Å². The van der Waals surface area contributed by atoms with Gasteiger partial charge in [0.2, 0.25) is 5.82 Å². The van der Waals surface area contributed by atoms with Gasteiger partial charge in [-0.3, -0.25) is 0 Å². The molecule has 0 radical (unpaired) electrons. The highest BCUT2D eigenvalue weighted by atomic mass is 15.6. The molecule has 78 valence electrons. The van der Waals surface area contributed by atoms with Crippen molar-refractivity contribution in [3.8, 4) is 11.4 Å². The predicted octanol–water partition coefficient (Wildman–Crippen LogP) is 0.897. The lowest BCUT2D eigenvalue weighted by Crippen LogP contribution is -2.04. The average molecular weight is 203 g/mol. The Balaban J connectivity index is 2.31. The van der Waals surface area contributed by atoms with E-state index < -0.39 is 0 Å². The molecule has 1 atom stereocenters. The third-order valence-electron chi connectivity index (χ3n) is 2.20. The Morgan fingerprint density at radius 1 is 1.27 bits per heavy atom. The predicted molar refractivity (Wildman–Crippen MR) is 56.8 cm³/mol. The molecule has 0 fully saturated rings. The second-order valence-electron chi connectivity index (χ2n) is 3.51. The first-order valence-corrected chi connectivity index (χ1v) is 4.77. The van der Waals surface area contributed by atoms with Gasteiger partial charge in [-0.1, -0.05) is 24.3 Å². The van der Waals surface area contributed by atoms with E-state index in [0.717, 1.165) is 11.1 Å². The van der Waals surface area contributed by atoms with E-state index in [9.17, 15) is 0 Å². The molecule has 0 saturated heterocycles. The summed E-state index contributed by atoms with van der Waals surface area (Å²) in [6.45, 7) is 1.95. The Bertz CT molecular complexity index is 443. The van der Waals surface area contributed by atoms with Crippen molar-refractivity contribution in [2.24, 2.45) is 12.8 Å². The van der Waals surface area contributed by atoms with Gasteiger partial charge < -0.3 is 5.73 Å². The lowest BCUT2D eigenvalue weighted by atomic mass is 10.1. The molecule has 5 heteroatoms. The van der Waals surface area contributed by atoms with Crippen molar-refractivity contribution in [2.45, 2.75) is 13.0 Å². The van der Waals surface area contributed by atoms with Crippen LogP contribution in [0.5, 0.6) is 0 Å². The normalized spacial score (nSPS) is 12.7. The van der Waals surface area contributed by atoms with Crippen LogP contribution in [0.4, 0.5) is 0 Å². The van der Waals surface area contributed by atoms with Crippen LogP contribution in [0.3, 0.4) is 0 Å². The molecule has 2 N–H and O–H groups in total. The molecule has 0 aliphatic heterocycles. The van der Waals surface area contributed by atoms with E-state index in [-0.39, 0.29) is 6.04 Å². The number of nitrogens with zero attached hydrogens (tertiary/aromatic N) is 4. The highest BCUT2D eigenvalue weighted by Crippen LogP contribution is 2.16. The van der Waals surface area contributed by atoms with Crippen LogP contribution < -0.4 is 5.73 Å². The van der Waals surface area contributed by atoms with E-state index in [1.165, 1.54) is 4.80 Å². The van der Waals surface area contributed by atoms with Gasteiger partial charge in [-0.2, -0.15) is 4.80 Å². The van der Waals surface area contributed by atoms with E-state index in [2.05, 4.69) is 15.4 Å². The van der Waals surface area contributed by atoms with E-state index in [4.69, 9.17) is 5.73 Å². The van der Waals surface area contributed by atoms with E-state index in [1.54, 1.807) is 7.05 Å². The van der Waals surface area contributed by atoms with Crippen molar-refractivity contribution in [1.82, 2.24) is 20.2 Å². The zero-order chi connectivity index (χ0) is 10.8. The monoisotopic (exact) mass is 203 g/mol. The summed E-state index contributed by atoms with van der Waals surface area (Å²) in [5.41, 5.74) is 7.81. The van der Waals surface area contributed by atoms with Crippen LogP contribution in [-0.4, -0.2) is 20.2 Å². The second-order valence-corrected chi connectivity index (χ2v) is 3.51. The van der Waals surface area contributed by atoms with Crippen LogP contribution in [0.15, 0.2) is 24.3 Å². The summed E-state index contributed by atoms with van der Waals surface area (Å²) in [4.78, 5) is 1.44. The lowest BCUT2D eigenvalue weighted by Gasteiger charge is -2.04. The summed E-state index contributed by atoms with van der Waals surface area (Å²) >= 11 is 0. The number of hydrogen-bond acceptors (Lipinski definition) is 4. The quantitative estimate of drug-likeness (QED) is 0.787. The van der Waals surface area contributed by atoms with Gasteiger partial charge >= 0.3 is 0 Å². The molecule has 0 spiro atoms. The van der Waals surface area contributed by atoms with Gasteiger partial charge in [0.05, 0.1) is 7.05 Å². The van der Waals surface area contributed by atoms with Crippen molar-refractivity contribution >= 4 is 0 Å². The maximum absolute atomic E-state index is 5.76. The molecule has 2 rings (SSSR count). The molecule has 1 aromatic carbocycles. The number of aryl methyl sites for hydroxylation is 1. The van der Waals surface area contributed by atoms with Gasteiger partial charge in [0.15, 0.2) is 0 Å². The third-order valence-corrected chi connectivity index (χ3v) is 2.20. The minimum absolute atomic E-state index is 0.0499. The second kappa shape index (κ2) is 3.78. The minimum Gasteiger partial charge on any atom is -0.324 e. The third kappa shape index (κ3) is 2.02. The van der Waals surface area contributed by atoms with E-state index in [0.29, 0.717) is 5.82 Å². The van der Waals surface area contributed by atoms with Crippen LogP contribution in [0.1, 0.15) is 18.5 Å². The van der Waals surface area contributed by atoms with Crippen LogP contribution in [0.25, 0.3) is 11.4 Å². The SMILES string of the molecule is CC(N)c1ccc(-c2nnn(C)n2)cc1. The van der Waals surface area contributed by atoms with Crippen molar-refractivity contribution in [3.63, 3.8) is 0 Å². The lowest BCUT2D eigenvalue weighted by molar-refractivity contribution is 0.630. The Hall–Kier alpha value is -1.75. The molecule has 0 aliphatic rings. The van der Waals surface area contributed by atoms with Crippen LogP contribution in [0.2, 0.25) is 0 Å². The largest absolute Gasteiger partial charge is 0.324 e. The van der Waals surface area contributed by atoms with E-state index >= 15 is 0 Å². The summed E-state index contributed by atoms with van der Waals surface area (Å²) in [6, 6.07) is 7.92. The Morgan fingerprint density at radius 2 is 1.93 bits per heavy atom. The number of aromatic nitrogens is 4. The standard InChI is InChI=1S/C10H13N5/c1-7(11)8-3-5-9(6-4-8)10-12-14-15(2)13-10/h3-7H,11H2,1-2H3. The molecule has 15 heavy (non-hydrogen) atoms. The first kappa shape index (κ1) is 9.79. The van der Waals surface area contributed by atoms with Gasteiger partial charge in [-0.25, -0.2) is 0 Å². The van der Waals surface area contributed by atoms with Crippen LogP contribution >= 0.6 is 0 Å². The van der Waals surface area contributed by atoms with E-state index in [1.807, 2.05) is 31.2 Å². The molecular weight excluding hydrogens is 190 g/mol. The molecule has 0 amide bonds. The molecule has 5 nitrogen and oxygen atoms in total. The molecule has 0 bridgehead atoms. The zero-order valence-electron chi connectivity index (χ0n) is 8.75. The maximum atomic E-state index is 5.76. The fourth-order valence-electron chi connectivity index (χ4n) is 1.34. The molecule has 0 saturated carbocycles. The fourth-order valence-corrected chi connectivity index (χ4v) is 1.34. The number of rotatable bonds is 2. The smallest absolute Gasteiger partial charge is 0.204 e. The summed E-state index contributed by atoms with van der Waals surface area (Å²) in [6.07, 6.45) is 0. The number of hydrogen-bond donors (Lipinski definition) is 1. The molecule has 0 aliphatic carbocycles. The number of tetrazole rings is 1. The molecular formula is C10H13N5. The topological polar surface area (TPSA) is 69.6 Å². The summed E-state index contributed by atoms with van der Waals surface area (Å²) in [7, 11) is 1.74. The van der Waals surface area contributed by atoms with Crippen molar-refractivity contribution in [2.75, 3.05) is 0 Å². The molecule has 1 unspecified atom stereocenters. The van der Waals surface area contributed by atoms with Gasteiger partial charge in [0.1, 0.15) is 0 Å². The number of nitrogens with two attached hydrogens (primary N) is 1. The Morgan fingerprint density at radius 3 is 2.40 bits per heavy atom. The minimum atomic E-state index is 0.0499.